The fraction of sp³-hybridized carbons (Fsp3) is 0.267. The number of anilines is 1. The number of urea groups is 1. The molecule has 1 aromatic heterocycles. The monoisotopic (exact) mass is 361 g/mol. The molecule has 2 amide bonds. The minimum Gasteiger partial charge on any atom is -0.395 e. The second-order valence-electron chi connectivity index (χ2n) is 5.39. The maximum absolute atomic E-state index is 12.3. The zero-order chi connectivity index (χ0) is 18.7. The summed E-state index contributed by atoms with van der Waals surface area (Å²) in [5.41, 5.74) is -0.219. The number of β-amino-alcohol motifs (C(OH)–C–C–N with tert-alkyl or cyclic N) is 1. The van der Waals surface area contributed by atoms with Crippen molar-refractivity contribution in [3.05, 3.63) is 52.2 Å². The summed E-state index contributed by atoms with van der Waals surface area (Å²) < 4.78 is 0. The van der Waals surface area contributed by atoms with E-state index in [1.54, 1.807) is 18.2 Å². The first-order chi connectivity index (χ1) is 12.5. The lowest BCUT2D eigenvalue weighted by Gasteiger charge is -2.15. The molecule has 0 unspecified atom stereocenters. The lowest BCUT2D eigenvalue weighted by molar-refractivity contribution is -0.384. The molecule has 26 heavy (non-hydrogen) atoms. The molecule has 2 heterocycles. The second kappa shape index (κ2) is 7.19. The lowest BCUT2D eigenvalue weighted by Crippen LogP contribution is -2.34. The maximum atomic E-state index is 12.3. The molecule has 0 spiro atoms. The Labute approximate surface area is 147 Å². The number of aromatic nitrogens is 2. The topological polar surface area (TPSA) is 131 Å². The molecule has 3 rings (SSSR count). The van der Waals surface area contributed by atoms with E-state index in [4.69, 9.17) is 9.94 Å². The molecule has 0 radical (unpaired) electrons. The third-order valence-electron chi connectivity index (χ3n) is 3.76. The van der Waals surface area contributed by atoms with Crippen LogP contribution in [-0.2, 0) is 0 Å². The summed E-state index contributed by atoms with van der Waals surface area (Å²) in [6, 6.07) is 7.56. The molecule has 11 nitrogen and oxygen atoms in total. The SMILES string of the molecule is O=C(On1cc([N+](=O)[O-])c(N2CCN(CCO)C2=O)n1)c1ccccc1. The minimum absolute atomic E-state index is 0.118. The van der Waals surface area contributed by atoms with Gasteiger partial charge in [0.15, 0.2) is 0 Å². The Bertz CT molecular complexity index is 836. The number of aliphatic hydroxyl groups is 1. The molecule has 1 fully saturated rings. The number of rotatable bonds is 6. The number of aliphatic hydroxyl groups excluding tert-OH is 1. The van der Waals surface area contributed by atoms with Crippen LogP contribution in [0.1, 0.15) is 10.4 Å². The van der Waals surface area contributed by atoms with E-state index < -0.39 is 22.6 Å². The van der Waals surface area contributed by atoms with Gasteiger partial charge in [-0.25, -0.2) is 9.59 Å². The van der Waals surface area contributed by atoms with E-state index in [0.717, 1.165) is 11.1 Å². The fourth-order valence-corrected chi connectivity index (χ4v) is 2.52. The molecule has 1 aromatic carbocycles. The normalized spacial score (nSPS) is 14.0. The summed E-state index contributed by atoms with van der Waals surface area (Å²) >= 11 is 0. The number of carbonyl (C=O) groups excluding carboxylic acids is 2. The smallest absolute Gasteiger partial charge is 0.365 e. The summed E-state index contributed by atoms with van der Waals surface area (Å²) in [7, 11) is 0. The van der Waals surface area contributed by atoms with Crippen molar-refractivity contribution in [3.63, 3.8) is 0 Å². The molecule has 0 saturated carbocycles. The van der Waals surface area contributed by atoms with Gasteiger partial charge in [0.05, 0.1) is 17.1 Å². The van der Waals surface area contributed by atoms with Crippen molar-refractivity contribution in [2.24, 2.45) is 0 Å². The van der Waals surface area contributed by atoms with Crippen LogP contribution in [0.15, 0.2) is 36.5 Å². The quantitative estimate of drug-likeness (QED) is 0.578. The summed E-state index contributed by atoms with van der Waals surface area (Å²) in [6.45, 7) is 0.369. The summed E-state index contributed by atoms with van der Waals surface area (Å²) in [4.78, 5) is 43.1. The third kappa shape index (κ3) is 3.32. The predicted molar refractivity (Wildman–Crippen MR) is 87.6 cm³/mol. The van der Waals surface area contributed by atoms with Crippen molar-refractivity contribution < 1.29 is 24.5 Å². The van der Waals surface area contributed by atoms with Gasteiger partial charge in [-0.05, 0) is 12.1 Å². The Morgan fingerprint density at radius 2 is 2.04 bits per heavy atom. The second-order valence-corrected chi connectivity index (χ2v) is 5.39. The molecule has 11 heteroatoms. The van der Waals surface area contributed by atoms with Crippen LogP contribution in [0.2, 0.25) is 0 Å². The number of hydrogen-bond acceptors (Lipinski definition) is 7. The van der Waals surface area contributed by atoms with Crippen molar-refractivity contribution in [2.45, 2.75) is 0 Å². The van der Waals surface area contributed by atoms with E-state index in [-0.39, 0.29) is 31.1 Å². The lowest BCUT2D eigenvalue weighted by atomic mass is 10.2. The van der Waals surface area contributed by atoms with Crippen LogP contribution < -0.4 is 9.74 Å². The van der Waals surface area contributed by atoms with Gasteiger partial charge < -0.3 is 14.8 Å². The molecule has 0 bridgehead atoms. The van der Waals surface area contributed by atoms with Crippen LogP contribution in [0, 0.1) is 10.1 Å². The van der Waals surface area contributed by atoms with Gasteiger partial charge in [0.25, 0.3) is 0 Å². The highest BCUT2D eigenvalue weighted by molar-refractivity contribution is 5.95. The molecule has 136 valence electrons. The van der Waals surface area contributed by atoms with Gasteiger partial charge in [0.1, 0.15) is 6.20 Å². The van der Waals surface area contributed by atoms with Gasteiger partial charge in [-0.15, -0.1) is 5.10 Å². The van der Waals surface area contributed by atoms with Crippen molar-refractivity contribution in [1.29, 1.82) is 0 Å². The molecule has 1 saturated heterocycles. The summed E-state index contributed by atoms with van der Waals surface area (Å²) in [6.07, 6.45) is 0.929. The molecule has 0 atom stereocenters. The number of amides is 2. The van der Waals surface area contributed by atoms with Gasteiger partial charge in [0.2, 0.25) is 5.82 Å². The Morgan fingerprint density at radius 3 is 2.69 bits per heavy atom. The minimum atomic E-state index is -0.746. The number of hydrogen-bond donors (Lipinski definition) is 1. The first-order valence-electron chi connectivity index (χ1n) is 7.70. The van der Waals surface area contributed by atoms with Crippen LogP contribution in [0.4, 0.5) is 16.3 Å². The van der Waals surface area contributed by atoms with Gasteiger partial charge in [-0.3, -0.25) is 15.0 Å². The number of benzene rings is 1. The van der Waals surface area contributed by atoms with E-state index in [1.807, 2.05) is 0 Å². The Hall–Kier alpha value is -3.47. The fourth-order valence-electron chi connectivity index (χ4n) is 2.52. The molecule has 2 aromatic rings. The Kier molecular flexibility index (Phi) is 4.80. The van der Waals surface area contributed by atoms with E-state index in [9.17, 15) is 19.7 Å². The predicted octanol–water partition coefficient (Wildman–Crippen LogP) is 0.295. The first kappa shape index (κ1) is 17.4. The highest BCUT2D eigenvalue weighted by Crippen LogP contribution is 2.28. The van der Waals surface area contributed by atoms with Crippen LogP contribution in [0.5, 0.6) is 0 Å². The van der Waals surface area contributed by atoms with Crippen molar-refractivity contribution >= 4 is 23.5 Å². The van der Waals surface area contributed by atoms with Gasteiger partial charge in [0, 0.05) is 19.6 Å². The molecule has 0 aliphatic carbocycles. The standard InChI is InChI=1S/C15H15N5O6/c21-9-8-17-6-7-18(15(17)23)13-12(20(24)25)10-19(16-13)26-14(22)11-4-2-1-3-5-11/h1-5,10,21H,6-9H2. The van der Waals surface area contributed by atoms with Gasteiger partial charge in [-0.2, -0.15) is 0 Å². The first-order valence-corrected chi connectivity index (χ1v) is 7.70. The molecule has 1 aliphatic rings. The Balaban J connectivity index is 1.84. The average molecular weight is 361 g/mol. The molecular formula is C15H15N5O6. The van der Waals surface area contributed by atoms with Gasteiger partial charge >= 0.3 is 17.7 Å². The average Bonchev–Trinajstić information content (AvgIpc) is 3.20. The van der Waals surface area contributed by atoms with Gasteiger partial charge in [-0.1, -0.05) is 23.0 Å². The van der Waals surface area contributed by atoms with E-state index >= 15 is 0 Å². The van der Waals surface area contributed by atoms with Crippen LogP contribution in [0.25, 0.3) is 0 Å². The van der Waals surface area contributed by atoms with Crippen LogP contribution >= 0.6 is 0 Å². The highest BCUT2D eigenvalue weighted by Gasteiger charge is 2.36. The summed E-state index contributed by atoms with van der Waals surface area (Å²) in [5, 5.41) is 24.1. The zero-order valence-corrected chi connectivity index (χ0v) is 13.5. The summed E-state index contributed by atoms with van der Waals surface area (Å²) in [5.74, 6) is -0.967. The van der Waals surface area contributed by atoms with Crippen molar-refractivity contribution in [3.8, 4) is 0 Å². The molecule has 1 aliphatic heterocycles. The zero-order valence-electron chi connectivity index (χ0n) is 13.5. The van der Waals surface area contributed by atoms with E-state index in [2.05, 4.69) is 5.10 Å². The third-order valence-corrected chi connectivity index (χ3v) is 3.76. The van der Waals surface area contributed by atoms with Crippen molar-refractivity contribution in [1.82, 2.24) is 14.8 Å². The Morgan fingerprint density at radius 1 is 1.31 bits per heavy atom. The van der Waals surface area contributed by atoms with E-state index in [1.165, 1.54) is 17.0 Å². The highest BCUT2D eigenvalue weighted by atomic mass is 16.7. The van der Waals surface area contributed by atoms with Crippen LogP contribution in [0.3, 0.4) is 0 Å². The molecule has 1 N–H and O–H groups in total. The van der Waals surface area contributed by atoms with E-state index in [0.29, 0.717) is 11.4 Å². The number of nitrogens with zero attached hydrogens (tertiary/aromatic N) is 5. The van der Waals surface area contributed by atoms with Crippen molar-refractivity contribution in [2.75, 3.05) is 31.1 Å². The largest absolute Gasteiger partial charge is 0.395 e. The number of nitro groups is 1. The van der Waals surface area contributed by atoms with Crippen LogP contribution in [-0.4, -0.2) is 63.1 Å². The number of carbonyl (C=O) groups is 2. The molecular weight excluding hydrogens is 346 g/mol. The maximum Gasteiger partial charge on any atom is 0.365 e.